The van der Waals surface area contributed by atoms with Crippen molar-refractivity contribution in [3.8, 4) is 0 Å². The number of nitrogens with one attached hydrogen (secondary N) is 2. The zero-order valence-corrected chi connectivity index (χ0v) is 15.4. The molecule has 2 N–H and O–H groups in total. The smallest absolute Gasteiger partial charge is 0.256 e. The summed E-state index contributed by atoms with van der Waals surface area (Å²) in [7, 11) is 0. The van der Waals surface area contributed by atoms with Crippen molar-refractivity contribution >= 4 is 23.3 Å². The van der Waals surface area contributed by atoms with Crippen LogP contribution >= 0.6 is 0 Å². The predicted octanol–water partition coefficient (Wildman–Crippen LogP) is 4.61. The largest absolute Gasteiger partial charge is 0.360 e. The minimum absolute atomic E-state index is 0.220. The third kappa shape index (κ3) is 4.41. The molecule has 0 saturated carbocycles. The average molecular weight is 363 g/mol. The zero-order chi connectivity index (χ0) is 19.4. The molecule has 0 aliphatic carbocycles. The first kappa shape index (κ1) is 18.4. The van der Waals surface area contributed by atoms with E-state index in [0.29, 0.717) is 28.6 Å². The number of anilines is 2. The number of carbonyl (C=O) groups is 2. The molecule has 0 fully saturated rings. The summed E-state index contributed by atoms with van der Waals surface area (Å²) < 4.78 is 4.92. The van der Waals surface area contributed by atoms with Gasteiger partial charge in [0.2, 0.25) is 0 Å². The summed E-state index contributed by atoms with van der Waals surface area (Å²) in [4.78, 5) is 24.8. The molecule has 0 atom stereocenters. The lowest BCUT2D eigenvalue weighted by Crippen LogP contribution is -2.15. The standard InChI is InChI=1S/C21H21N3O3/c1-13(2)17-6-4-5-7-18(17)22-20(25)15-8-10-16(11-9-15)21(26)23-19-12-14(3)27-24-19/h4-13H,1-3H3,(H,22,25)(H,23,24,26). The van der Waals surface area contributed by atoms with E-state index in [4.69, 9.17) is 4.52 Å². The fourth-order valence-corrected chi connectivity index (χ4v) is 2.70. The summed E-state index contributed by atoms with van der Waals surface area (Å²) in [6.07, 6.45) is 0. The van der Waals surface area contributed by atoms with E-state index in [1.54, 1.807) is 37.3 Å². The summed E-state index contributed by atoms with van der Waals surface area (Å²) in [6, 6.07) is 15.8. The van der Waals surface area contributed by atoms with E-state index >= 15 is 0 Å². The molecule has 138 valence electrons. The Morgan fingerprint density at radius 1 is 0.926 bits per heavy atom. The molecule has 6 heteroatoms. The number of para-hydroxylation sites is 1. The molecule has 0 bridgehead atoms. The van der Waals surface area contributed by atoms with Crippen LogP contribution in [-0.2, 0) is 0 Å². The Balaban J connectivity index is 1.69. The Morgan fingerprint density at radius 3 is 2.07 bits per heavy atom. The molecule has 2 aromatic carbocycles. The molecule has 0 aliphatic heterocycles. The number of hydrogen-bond acceptors (Lipinski definition) is 4. The van der Waals surface area contributed by atoms with E-state index in [0.717, 1.165) is 11.3 Å². The Hall–Kier alpha value is -3.41. The maximum atomic E-state index is 12.5. The SMILES string of the molecule is Cc1cc(NC(=O)c2ccc(C(=O)Nc3ccccc3C(C)C)cc2)no1. The third-order valence-electron chi connectivity index (χ3n) is 4.11. The van der Waals surface area contributed by atoms with E-state index in [2.05, 4.69) is 29.6 Å². The van der Waals surface area contributed by atoms with E-state index in [1.165, 1.54) is 0 Å². The van der Waals surface area contributed by atoms with Gasteiger partial charge in [-0.1, -0.05) is 37.2 Å². The molecule has 0 radical (unpaired) electrons. The van der Waals surface area contributed by atoms with Gasteiger partial charge >= 0.3 is 0 Å². The molecule has 0 saturated heterocycles. The minimum Gasteiger partial charge on any atom is -0.360 e. The molecule has 3 rings (SSSR count). The van der Waals surface area contributed by atoms with Crippen molar-refractivity contribution in [3.05, 3.63) is 77.0 Å². The van der Waals surface area contributed by atoms with Gasteiger partial charge in [-0.25, -0.2) is 0 Å². The normalized spacial score (nSPS) is 10.7. The highest BCUT2D eigenvalue weighted by Gasteiger charge is 2.13. The van der Waals surface area contributed by atoms with Crippen molar-refractivity contribution < 1.29 is 14.1 Å². The van der Waals surface area contributed by atoms with Crippen LogP contribution in [0.4, 0.5) is 11.5 Å². The molecular formula is C21H21N3O3. The summed E-state index contributed by atoms with van der Waals surface area (Å²) in [6.45, 7) is 5.90. The lowest BCUT2D eigenvalue weighted by molar-refractivity contribution is 0.101. The van der Waals surface area contributed by atoms with Gasteiger partial charge < -0.3 is 15.2 Å². The molecule has 27 heavy (non-hydrogen) atoms. The van der Waals surface area contributed by atoms with Crippen LogP contribution < -0.4 is 10.6 Å². The molecular weight excluding hydrogens is 342 g/mol. The fourth-order valence-electron chi connectivity index (χ4n) is 2.70. The van der Waals surface area contributed by atoms with Gasteiger partial charge in [0.15, 0.2) is 5.82 Å². The Kier molecular flexibility index (Phi) is 5.35. The third-order valence-corrected chi connectivity index (χ3v) is 4.11. The van der Waals surface area contributed by atoms with Crippen molar-refractivity contribution in [1.82, 2.24) is 5.16 Å². The molecule has 6 nitrogen and oxygen atoms in total. The quantitative estimate of drug-likeness (QED) is 0.693. The number of nitrogens with zero attached hydrogens (tertiary/aromatic N) is 1. The number of carbonyl (C=O) groups excluding carboxylic acids is 2. The van der Waals surface area contributed by atoms with Crippen LogP contribution in [0.2, 0.25) is 0 Å². The number of aryl methyl sites for hydroxylation is 1. The summed E-state index contributed by atoms with van der Waals surface area (Å²) in [5, 5.41) is 9.31. The minimum atomic E-state index is -0.319. The van der Waals surface area contributed by atoms with Crippen molar-refractivity contribution in [3.63, 3.8) is 0 Å². The molecule has 0 spiro atoms. The number of amides is 2. The van der Waals surface area contributed by atoms with Gasteiger partial charge in [-0.15, -0.1) is 0 Å². The van der Waals surface area contributed by atoms with Crippen molar-refractivity contribution in [2.24, 2.45) is 0 Å². The summed E-state index contributed by atoms with van der Waals surface area (Å²) in [5.74, 6) is 0.721. The zero-order valence-electron chi connectivity index (χ0n) is 15.4. The van der Waals surface area contributed by atoms with Crippen LogP contribution in [0.15, 0.2) is 59.1 Å². The first-order chi connectivity index (χ1) is 12.9. The molecule has 3 aromatic rings. The molecule has 1 aromatic heterocycles. The van der Waals surface area contributed by atoms with Gasteiger partial charge in [0.1, 0.15) is 5.76 Å². The number of hydrogen-bond donors (Lipinski definition) is 2. The van der Waals surface area contributed by atoms with Crippen LogP contribution in [-0.4, -0.2) is 17.0 Å². The van der Waals surface area contributed by atoms with Gasteiger partial charge in [0.05, 0.1) is 0 Å². The first-order valence-electron chi connectivity index (χ1n) is 8.69. The molecule has 0 aliphatic rings. The Labute approximate surface area is 157 Å². The second-order valence-electron chi connectivity index (χ2n) is 6.55. The van der Waals surface area contributed by atoms with Crippen LogP contribution in [0.5, 0.6) is 0 Å². The average Bonchev–Trinajstić information content (AvgIpc) is 3.06. The fraction of sp³-hybridized carbons (Fsp3) is 0.190. The highest BCUT2D eigenvalue weighted by atomic mass is 16.5. The predicted molar refractivity (Wildman–Crippen MR) is 104 cm³/mol. The lowest BCUT2D eigenvalue weighted by Gasteiger charge is -2.13. The van der Waals surface area contributed by atoms with Gasteiger partial charge in [-0.2, -0.15) is 0 Å². The second-order valence-corrected chi connectivity index (χ2v) is 6.55. The highest BCUT2D eigenvalue weighted by molar-refractivity contribution is 6.07. The maximum Gasteiger partial charge on any atom is 0.256 e. The van der Waals surface area contributed by atoms with E-state index in [-0.39, 0.29) is 11.8 Å². The van der Waals surface area contributed by atoms with Gasteiger partial charge in [-0.05, 0) is 48.7 Å². The van der Waals surface area contributed by atoms with Crippen LogP contribution in [0.1, 0.15) is 51.8 Å². The second kappa shape index (κ2) is 7.86. The molecule has 0 unspecified atom stereocenters. The Bertz CT molecular complexity index is 959. The van der Waals surface area contributed by atoms with Crippen molar-refractivity contribution in [1.29, 1.82) is 0 Å². The highest BCUT2D eigenvalue weighted by Crippen LogP contribution is 2.24. The molecule has 1 heterocycles. The molecule has 2 amide bonds. The van der Waals surface area contributed by atoms with Crippen LogP contribution in [0.3, 0.4) is 0 Å². The lowest BCUT2D eigenvalue weighted by atomic mass is 10.0. The van der Waals surface area contributed by atoms with E-state index in [1.807, 2.05) is 24.3 Å². The van der Waals surface area contributed by atoms with Gasteiger partial charge in [-0.3, -0.25) is 9.59 Å². The summed E-state index contributed by atoms with van der Waals surface area (Å²) >= 11 is 0. The van der Waals surface area contributed by atoms with Gasteiger partial charge in [0.25, 0.3) is 11.8 Å². The number of benzene rings is 2. The van der Waals surface area contributed by atoms with Crippen molar-refractivity contribution in [2.75, 3.05) is 10.6 Å². The van der Waals surface area contributed by atoms with Crippen LogP contribution in [0.25, 0.3) is 0 Å². The monoisotopic (exact) mass is 363 g/mol. The number of aromatic nitrogens is 1. The topological polar surface area (TPSA) is 84.2 Å². The van der Waals surface area contributed by atoms with E-state index in [9.17, 15) is 9.59 Å². The maximum absolute atomic E-state index is 12.5. The van der Waals surface area contributed by atoms with Gasteiger partial charge in [0, 0.05) is 22.9 Å². The number of rotatable bonds is 5. The van der Waals surface area contributed by atoms with E-state index < -0.39 is 0 Å². The summed E-state index contributed by atoms with van der Waals surface area (Å²) in [5.41, 5.74) is 2.77. The van der Waals surface area contributed by atoms with Crippen LogP contribution in [0, 0.1) is 6.92 Å². The Morgan fingerprint density at radius 2 is 1.52 bits per heavy atom. The van der Waals surface area contributed by atoms with Crippen molar-refractivity contribution in [2.45, 2.75) is 26.7 Å². The first-order valence-corrected chi connectivity index (χ1v) is 8.69.